The highest BCUT2D eigenvalue weighted by molar-refractivity contribution is 7.99. The number of benzene rings is 2. The number of hydrogen-bond acceptors (Lipinski definition) is 2. The maximum Gasteiger partial charge on any atom is 0.0462 e. The van der Waals surface area contributed by atoms with Crippen molar-refractivity contribution in [3.05, 3.63) is 58.6 Å². The molecule has 0 spiro atoms. The highest BCUT2D eigenvalue weighted by Gasteiger charge is 2.21. The molecule has 0 atom stereocenters. The first-order valence-corrected chi connectivity index (χ1v) is 8.17. The molecule has 0 bridgehead atoms. The van der Waals surface area contributed by atoms with Crippen molar-refractivity contribution in [2.45, 2.75) is 42.1 Å². The molecule has 1 aliphatic carbocycles. The van der Waals surface area contributed by atoms with Gasteiger partial charge in [-0.2, -0.15) is 0 Å². The van der Waals surface area contributed by atoms with Gasteiger partial charge in [0.15, 0.2) is 0 Å². The lowest BCUT2D eigenvalue weighted by Crippen LogP contribution is -2.16. The van der Waals surface area contributed by atoms with Crippen LogP contribution in [0.4, 0.5) is 0 Å². The van der Waals surface area contributed by atoms with Crippen molar-refractivity contribution in [3.63, 3.8) is 0 Å². The van der Waals surface area contributed by atoms with Gasteiger partial charge in [-0.1, -0.05) is 47.1 Å². The van der Waals surface area contributed by atoms with Gasteiger partial charge >= 0.3 is 0 Å². The Hall–Kier alpha value is -0.960. The molecular formula is C17H18ClNS. The van der Waals surface area contributed by atoms with Crippen LogP contribution < -0.4 is 5.32 Å². The summed E-state index contributed by atoms with van der Waals surface area (Å²) >= 11 is 8.16. The van der Waals surface area contributed by atoms with Crippen molar-refractivity contribution in [1.29, 1.82) is 0 Å². The standard InChI is InChI=1S/C17H18ClNS/c1-12-5-9-14(10-6-12)20-17-4-2-3-16(18)15(17)11-19-13-7-8-13/h2-6,9-10,13,19H,7-8,11H2,1H3. The SMILES string of the molecule is Cc1ccc(Sc2cccc(Cl)c2CNC2CC2)cc1. The predicted molar refractivity (Wildman–Crippen MR) is 86.6 cm³/mol. The fourth-order valence-electron chi connectivity index (χ4n) is 2.07. The first-order chi connectivity index (χ1) is 9.72. The molecule has 2 aromatic rings. The minimum atomic E-state index is 0.698. The van der Waals surface area contributed by atoms with Crippen molar-refractivity contribution in [2.24, 2.45) is 0 Å². The van der Waals surface area contributed by atoms with Crippen LogP contribution in [0.25, 0.3) is 0 Å². The molecule has 3 heteroatoms. The molecule has 20 heavy (non-hydrogen) atoms. The highest BCUT2D eigenvalue weighted by atomic mass is 35.5. The number of aryl methyl sites for hydroxylation is 1. The summed E-state index contributed by atoms with van der Waals surface area (Å²) in [5.74, 6) is 0. The van der Waals surface area contributed by atoms with Crippen LogP contribution in [-0.2, 0) is 6.54 Å². The molecule has 1 nitrogen and oxygen atoms in total. The Balaban J connectivity index is 1.80. The van der Waals surface area contributed by atoms with E-state index in [4.69, 9.17) is 11.6 Å². The van der Waals surface area contributed by atoms with Gasteiger partial charge in [-0.3, -0.25) is 0 Å². The van der Waals surface area contributed by atoms with Crippen LogP contribution >= 0.6 is 23.4 Å². The van der Waals surface area contributed by atoms with Gasteiger partial charge in [0.05, 0.1) is 0 Å². The van der Waals surface area contributed by atoms with E-state index < -0.39 is 0 Å². The zero-order valence-electron chi connectivity index (χ0n) is 11.5. The van der Waals surface area contributed by atoms with E-state index in [-0.39, 0.29) is 0 Å². The summed E-state index contributed by atoms with van der Waals surface area (Å²) in [5.41, 5.74) is 2.50. The fraction of sp³-hybridized carbons (Fsp3) is 0.294. The van der Waals surface area contributed by atoms with Crippen molar-refractivity contribution in [3.8, 4) is 0 Å². The number of hydrogen-bond donors (Lipinski definition) is 1. The predicted octanol–water partition coefficient (Wildman–Crippen LogP) is 5.05. The minimum absolute atomic E-state index is 0.698. The normalized spacial score (nSPS) is 14.5. The van der Waals surface area contributed by atoms with E-state index in [1.807, 2.05) is 12.1 Å². The number of rotatable bonds is 5. The molecule has 104 valence electrons. The molecule has 0 saturated heterocycles. The molecule has 1 saturated carbocycles. The molecule has 2 aromatic carbocycles. The minimum Gasteiger partial charge on any atom is -0.310 e. The molecule has 0 aromatic heterocycles. The second-order valence-corrected chi connectivity index (χ2v) is 6.81. The Morgan fingerprint density at radius 3 is 2.60 bits per heavy atom. The fourth-order valence-corrected chi connectivity index (χ4v) is 3.35. The van der Waals surface area contributed by atoms with E-state index in [1.165, 1.54) is 33.8 Å². The highest BCUT2D eigenvalue weighted by Crippen LogP contribution is 2.34. The van der Waals surface area contributed by atoms with Crippen LogP contribution in [-0.4, -0.2) is 6.04 Å². The Labute approximate surface area is 129 Å². The van der Waals surface area contributed by atoms with Crippen LogP contribution in [0, 0.1) is 6.92 Å². The Morgan fingerprint density at radius 1 is 1.15 bits per heavy atom. The molecule has 1 fully saturated rings. The lowest BCUT2D eigenvalue weighted by atomic mass is 10.2. The monoisotopic (exact) mass is 303 g/mol. The summed E-state index contributed by atoms with van der Waals surface area (Å²) in [5, 5.41) is 4.41. The van der Waals surface area contributed by atoms with E-state index in [0.29, 0.717) is 6.04 Å². The first kappa shape index (κ1) is 14.0. The van der Waals surface area contributed by atoms with Gasteiger partial charge in [-0.25, -0.2) is 0 Å². The summed E-state index contributed by atoms with van der Waals surface area (Å²) in [6.45, 7) is 2.97. The van der Waals surface area contributed by atoms with Gasteiger partial charge in [0.1, 0.15) is 0 Å². The van der Waals surface area contributed by atoms with E-state index in [0.717, 1.165) is 11.6 Å². The Morgan fingerprint density at radius 2 is 1.90 bits per heavy atom. The largest absolute Gasteiger partial charge is 0.310 e. The molecule has 0 heterocycles. The molecule has 1 aliphatic rings. The third-order valence-electron chi connectivity index (χ3n) is 3.47. The van der Waals surface area contributed by atoms with Crippen molar-refractivity contribution < 1.29 is 0 Å². The first-order valence-electron chi connectivity index (χ1n) is 6.97. The molecule has 0 aliphatic heterocycles. The van der Waals surface area contributed by atoms with Gasteiger partial charge in [0, 0.05) is 27.4 Å². The van der Waals surface area contributed by atoms with Crippen LogP contribution in [0.1, 0.15) is 24.0 Å². The van der Waals surface area contributed by atoms with E-state index in [2.05, 4.69) is 42.6 Å². The van der Waals surface area contributed by atoms with E-state index >= 15 is 0 Å². The summed E-state index contributed by atoms with van der Waals surface area (Å²) in [7, 11) is 0. The van der Waals surface area contributed by atoms with E-state index in [1.54, 1.807) is 11.8 Å². The average Bonchev–Trinajstić information content (AvgIpc) is 3.25. The van der Waals surface area contributed by atoms with Gasteiger partial charge in [0.2, 0.25) is 0 Å². The maximum absolute atomic E-state index is 6.37. The lowest BCUT2D eigenvalue weighted by Gasteiger charge is -2.12. The quantitative estimate of drug-likeness (QED) is 0.829. The second kappa shape index (κ2) is 6.21. The average molecular weight is 304 g/mol. The molecule has 3 rings (SSSR count). The van der Waals surface area contributed by atoms with Gasteiger partial charge in [-0.05, 0) is 49.6 Å². The van der Waals surface area contributed by atoms with Gasteiger partial charge < -0.3 is 5.32 Å². The summed E-state index contributed by atoms with van der Waals surface area (Å²) in [4.78, 5) is 2.50. The zero-order chi connectivity index (χ0) is 13.9. The van der Waals surface area contributed by atoms with Crippen molar-refractivity contribution in [2.75, 3.05) is 0 Å². The Bertz CT molecular complexity index is 590. The van der Waals surface area contributed by atoms with Crippen LogP contribution in [0.3, 0.4) is 0 Å². The summed E-state index contributed by atoms with van der Waals surface area (Å²) in [6, 6.07) is 15.5. The molecule has 1 N–H and O–H groups in total. The second-order valence-electron chi connectivity index (χ2n) is 5.29. The van der Waals surface area contributed by atoms with Crippen molar-refractivity contribution >= 4 is 23.4 Å². The van der Waals surface area contributed by atoms with E-state index in [9.17, 15) is 0 Å². The lowest BCUT2D eigenvalue weighted by molar-refractivity contribution is 0.680. The topological polar surface area (TPSA) is 12.0 Å². The van der Waals surface area contributed by atoms with Gasteiger partial charge in [0.25, 0.3) is 0 Å². The Kier molecular flexibility index (Phi) is 4.35. The molecule has 0 amide bonds. The van der Waals surface area contributed by atoms with Crippen molar-refractivity contribution in [1.82, 2.24) is 5.32 Å². The molecule has 0 unspecified atom stereocenters. The third kappa shape index (κ3) is 3.57. The number of halogens is 1. The van der Waals surface area contributed by atoms with Crippen LogP contribution in [0.15, 0.2) is 52.3 Å². The third-order valence-corrected chi connectivity index (χ3v) is 4.93. The molecule has 0 radical (unpaired) electrons. The summed E-state index contributed by atoms with van der Waals surface area (Å²) < 4.78 is 0. The van der Waals surface area contributed by atoms with Crippen LogP contribution in [0.2, 0.25) is 5.02 Å². The molecular weight excluding hydrogens is 286 g/mol. The maximum atomic E-state index is 6.37. The van der Waals surface area contributed by atoms with Crippen LogP contribution in [0.5, 0.6) is 0 Å². The smallest absolute Gasteiger partial charge is 0.0462 e. The van der Waals surface area contributed by atoms with Gasteiger partial charge in [-0.15, -0.1) is 0 Å². The number of nitrogens with one attached hydrogen (secondary N) is 1. The summed E-state index contributed by atoms with van der Waals surface area (Å²) in [6.07, 6.45) is 2.59. The zero-order valence-corrected chi connectivity index (χ0v) is 13.1.